The monoisotopic (exact) mass is 464 g/mol. The molecule has 1 aliphatic heterocycles. The molecule has 2 aromatic rings. The third-order valence-electron chi connectivity index (χ3n) is 4.39. The summed E-state index contributed by atoms with van der Waals surface area (Å²) in [7, 11) is 5.33. The molecule has 1 amide bonds. The van der Waals surface area contributed by atoms with Crippen LogP contribution in [-0.2, 0) is 13.0 Å². The van der Waals surface area contributed by atoms with Crippen LogP contribution in [0.25, 0.3) is 0 Å². The van der Waals surface area contributed by atoms with Crippen LogP contribution >= 0.6 is 24.0 Å². The fraction of sp³-hybridized carbons (Fsp3) is 0.300. The molecular formula is C20H25IN4O. The van der Waals surface area contributed by atoms with Crippen LogP contribution in [0.15, 0.2) is 53.5 Å². The number of amides is 1. The van der Waals surface area contributed by atoms with Crippen LogP contribution in [0.2, 0.25) is 0 Å². The average molecular weight is 464 g/mol. The van der Waals surface area contributed by atoms with Gasteiger partial charge < -0.3 is 15.1 Å². The number of aliphatic imine (C=N–C) groups is 1. The molecule has 5 nitrogen and oxygen atoms in total. The molecule has 0 aromatic heterocycles. The molecule has 0 saturated carbocycles. The highest BCUT2D eigenvalue weighted by molar-refractivity contribution is 14.0. The van der Waals surface area contributed by atoms with Crippen LogP contribution in [0.5, 0.6) is 0 Å². The molecule has 1 heterocycles. The molecule has 0 radical (unpaired) electrons. The second kappa shape index (κ2) is 9.02. The lowest BCUT2D eigenvalue weighted by Crippen LogP contribution is -2.40. The average Bonchev–Trinajstić information content (AvgIpc) is 3.06. The van der Waals surface area contributed by atoms with Gasteiger partial charge in [0.25, 0.3) is 5.91 Å². The van der Waals surface area contributed by atoms with Gasteiger partial charge in [-0.3, -0.25) is 9.79 Å². The van der Waals surface area contributed by atoms with Crippen LogP contribution in [0.3, 0.4) is 0 Å². The number of hydrogen-bond donors (Lipinski definition) is 1. The van der Waals surface area contributed by atoms with Gasteiger partial charge in [-0.15, -0.1) is 24.0 Å². The highest BCUT2D eigenvalue weighted by Gasteiger charge is 2.22. The Morgan fingerprint density at radius 2 is 1.96 bits per heavy atom. The van der Waals surface area contributed by atoms with Crippen molar-refractivity contribution in [3.63, 3.8) is 0 Å². The van der Waals surface area contributed by atoms with E-state index in [4.69, 9.17) is 0 Å². The Kier molecular flexibility index (Phi) is 7.02. The van der Waals surface area contributed by atoms with Gasteiger partial charge in [-0.1, -0.05) is 30.3 Å². The minimum absolute atomic E-state index is 0. The molecule has 138 valence electrons. The first-order valence-corrected chi connectivity index (χ1v) is 8.47. The first-order valence-electron chi connectivity index (χ1n) is 8.47. The number of benzene rings is 2. The van der Waals surface area contributed by atoms with Gasteiger partial charge in [0.15, 0.2) is 5.96 Å². The van der Waals surface area contributed by atoms with E-state index < -0.39 is 0 Å². The number of halogens is 1. The lowest BCUT2D eigenvalue weighted by atomic mass is 10.1. The number of anilines is 1. The highest BCUT2D eigenvalue weighted by atomic mass is 127. The van der Waals surface area contributed by atoms with Gasteiger partial charge in [-0.2, -0.15) is 0 Å². The van der Waals surface area contributed by atoms with E-state index in [1.807, 2.05) is 24.3 Å². The van der Waals surface area contributed by atoms with Crippen molar-refractivity contribution < 1.29 is 4.79 Å². The summed E-state index contributed by atoms with van der Waals surface area (Å²) in [5.41, 5.74) is 4.32. The number of nitrogens with zero attached hydrogens (tertiary/aromatic N) is 3. The van der Waals surface area contributed by atoms with Gasteiger partial charge in [-0.05, 0) is 35.7 Å². The molecule has 0 bridgehead atoms. The Labute approximate surface area is 172 Å². The van der Waals surface area contributed by atoms with Crippen LogP contribution in [0, 0.1) is 0 Å². The first kappa shape index (κ1) is 20.2. The minimum Gasteiger partial charge on any atom is -0.352 e. The molecule has 1 N–H and O–H groups in total. The summed E-state index contributed by atoms with van der Waals surface area (Å²) in [4.78, 5) is 20.3. The van der Waals surface area contributed by atoms with E-state index in [1.54, 1.807) is 26.0 Å². The van der Waals surface area contributed by atoms with Gasteiger partial charge in [0.1, 0.15) is 0 Å². The smallest absolute Gasteiger partial charge is 0.253 e. The summed E-state index contributed by atoms with van der Waals surface area (Å²) in [6, 6.07) is 16.1. The van der Waals surface area contributed by atoms with E-state index in [0.29, 0.717) is 12.1 Å². The first-order chi connectivity index (χ1) is 12.1. The van der Waals surface area contributed by atoms with Gasteiger partial charge in [0, 0.05) is 45.5 Å². The van der Waals surface area contributed by atoms with E-state index in [9.17, 15) is 4.79 Å². The number of carbonyl (C=O) groups is 1. The van der Waals surface area contributed by atoms with E-state index in [0.717, 1.165) is 24.5 Å². The molecule has 2 aromatic carbocycles. The summed E-state index contributed by atoms with van der Waals surface area (Å²) < 4.78 is 0. The Morgan fingerprint density at radius 1 is 1.19 bits per heavy atom. The number of fused-ring (bicyclic) bond motifs is 1. The quantitative estimate of drug-likeness (QED) is 0.432. The number of hydrogen-bond acceptors (Lipinski definition) is 2. The third kappa shape index (κ3) is 4.35. The normalized spacial score (nSPS) is 13.0. The molecule has 1 aliphatic rings. The fourth-order valence-electron chi connectivity index (χ4n) is 3.11. The molecule has 0 unspecified atom stereocenters. The van der Waals surface area contributed by atoms with Gasteiger partial charge in [-0.25, -0.2) is 0 Å². The van der Waals surface area contributed by atoms with E-state index >= 15 is 0 Å². The summed E-state index contributed by atoms with van der Waals surface area (Å²) in [6.45, 7) is 1.55. The number of rotatable bonds is 3. The maximum absolute atomic E-state index is 12.1. The summed E-state index contributed by atoms with van der Waals surface area (Å²) in [6.07, 6.45) is 1.03. The lowest BCUT2D eigenvalue weighted by Gasteiger charge is -2.22. The summed E-state index contributed by atoms with van der Waals surface area (Å²) in [5.74, 6) is 0.869. The molecule has 0 fully saturated rings. The Hall–Kier alpha value is -2.09. The van der Waals surface area contributed by atoms with Crippen LogP contribution < -0.4 is 10.2 Å². The highest BCUT2D eigenvalue weighted by Crippen LogP contribution is 2.27. The SMILES string of the molecule is CN=C(NCc1cccc(C(=O)N(C)C)c1)N1CCc2ccccc21.I. The Balaban J connectivity index is 0.00000243. The summed E-state index contributed by atoms with van der Waals surface area (Å²) in [5, 5.41) is 3.41. The van der Waals surface area contributed by atoms with Gasteiger partial charge in [0.2, 0.25) is 0 Å². The van der Waals surface area contributed by atoms with Crippen molar-refractivity contribution in [3.8, 4) is 0 Å². The molecule has 0 aliphatic carbocycles. The fourth-order valence-corrected chi connectivity index (χ4v) is 3.11. The van der Waals surface area contributed by atoms with Crippen molar-refractivity contribution in [2.45, 2.75) is 13.0 Å². The maximum atomic E-state index is 12.1. The molecule has 0 spiro atoms. The topological polar surface area (TPSA) is 47.9 Å². The summed E-state index contributed by atoms with van der Waals surface area (Å²) >= 11 is 0. The number of carbonyl (C=O) groups excluding carboxylic acids is 1. The zero-order chi connectivity index (χ0) is 17.8. The Morgan fingerprint density at radius 3 is 2.69 bits per heavy atom. The number of guanidine groups is 1. The van der Waals surface area contributed by atoms with E-state index in [-0.39, 0.29) is 29.9 Å². The second-order valence-electron chi connectivity index (χ2n) is 6.33. The van der Waals surface area contributed by atoms with E-state index in [2.05, 4.69) is 39.5 Å². The van der Waals surface area contributed by atoms with Crippen molar-refractivity contribution in [3.05, 3.63) is 65.2 Å². The number of nitrogens with one attached hydrogen (secondary N) is 1. The molecule has 6 heteroatoms. The van der Waals surface area contributed by atoms with Crippen molar-refractivity contribution in [1.29, 1.82) is 0 Å². The van der Waals surface area contributed by atoms with Crippen LogP contribution in [0.4, 0.5) is 5.69 Å². The second-order valence-corrected chi connectivity index (χ2v) is 6.33. The molecule has 0 atom stereocenters. The molecule has 0 saturated heterocycles. The van der Waals surface area contributed by atoms with Crippen LogP contribution in [0.1, 0.15) is 21.5 Å². The molecular weight excluding hydrogens is 439 g/mol. The third-order valence-corrected chi connectivity index (χ3v) is 4.39. The molecule has 3 rings (SSSR count). The number of para-hydroxylation sites is 1. The van der Waals surface area contributed by atoms with Crippen molar-refractivity contribution in [1.82, 2.24) is 10.2 Å². The van der Waals surface area contributed by atoms with E-state index in [1.165, 1.54) is 11.3 Å². The van der Waals surface area contributed by atoms with Crippen LogP contribution in [-0.4, -0.2) is 44.5 Å². The Bertz CT molecular complexity index is 804. The predicted octanol–water partition coefficient (Wildman–Crippen LogP) is 3.14. The van der Waals surface area contributed by atoms with Gasteiger partial charge in [0.05, 0.1) is 0 Å². The minimum atomic E-state index is 0. The van der Waals surface area contributed by atoms with Crippen molar-refractivity contribution in [2.75, 3.05) is 32.6 Å². The van der Waals surface area contributed by atoms with Crippen molar-refractivity contribution in [2.24, 2.45) is 4.99 Å². The van der Waals surface area contributed by atoms with Gasteiger partial charge >= 0.3 is 0 Å². The largest absolute Gasteiger partial charge is 0.352 e. The zero-order valence-electron chi connectivity index (χ0n) is 15.4. The predicted molar refractivity (Wildman–Crippen MR) is 118 cm³/mol. The standard InChI is InChI=1S/C20H24N4O.HI/c1-21-20(24-12-11-16-8-4-5-10-18(16)24)22-14-15-7-6-9-17(13-15)19(25)23(2)3;/h4-10,13H,11-12,14H2,1-3H3,(H,21,22);1H. The molecule has 26 heavy (non-hydrogen) atoms. The maximum Gasteiger partial charge on any atom is 0.253 e. The lowest BCUT2D eigenvalue weighted by molar-refractivity contribution is 0.0827. The van der Waals surface area contributed by atoms with Crippen molar-refractivity contribution >= 4 is 41.5 Å². The zero-order valence-corrected chi connectivity index (χ0v) is 17.7.